The number of likely N-dealkylation sites (tertiary alicyclic amines) is 1. The van der Waals surface area contributed by atoms with Crippen molar-refractivity contribution >= 4 is 0 Å². The first-order valence-corrected chi connectivity index (χ1v) is 7.81. The van der Waals surface area contributed by atoms with Crippen LogP contribution >= 0.6 is 0 Å². The van der Waals surface area contributed by atoms with Gasteiger partial charge in [0.1, 0.15) is 0 Å². The normalized spacial score (nSPS) is 19.9. The van der Waals surface area contributed by atoms with E-state index in [-0.39, 0.29) is 0 Å². The van der Waals surface area contributed by atoms with Crippen molar-refractivity contribution < 1.29 is 0 Å². The lowest BCUT2D eigenvalue weighted by atomic mass is 10.0. The van der Waals surface area contributed by atoms with Crippen molar-refractivity contribution in [1.29, 1.82) is 0 Å². The summed E-state index contributed by atoms with van der Waals surface area (Å²) in [6, 6.07) is 9.65. The van der Waals surface area contributed by atoms with E-state index < -0.39 is 0 Å². The second kappa shape index (κ2) is 7.77. The summed E-state index contributed by atoms with van der Waals surface area (Å²) >= 11 is 0. The smallest absolute Gasteiger partial charge is 0.0239 e. The first kappa shape index (κ1) is 15.5. The third kappa shape index (κ3) is 4.30. The monoisotopic (exact) mass is 275 g/mol. The molecule has 0 bridgehead atoms. The van der Waals surface area contributed by atoms with Crippen LogP contribution in [-0.4, -0.2) is 56.6 Å². The van der Waals surface area contributed by atoms with Crippen LogP contribution in [0.25, 0.3) is 0 Å². The summed E-state index contributed by atoms with van der Waals surface area (Å²) in [5, 5.41) is 3.25. The second-order valence-electron chi connectivity index (χ2n) is 6.15. The number of benzene rings is 1. The molecule has 1 N–H and O–H groups in total. The molecule has 112 valence electrons. The molecule has 0 aliphatic carbocycles. The topological polar surface area (TPSA) is 18.5 Å². The van der Waals surface area contributed by atoms with Crippen LogP contribution in [0.5, 0.6) is 0 Å². The van der Waals surface area contributed by atoms with Gasteiger partial charge < -0.3 is 10.2 Å². The average molecular weight is 275 g/mol. The maximum Gasteiger partial charge on any atom is 0.0239 e. The molecule has 1 aromatic carbocycles. The molecule has 1 heterocycles. The first-order valence-electron chi connectivity index (χ1n) is 7.81. The highest BCUT2D eigenvalue weighted by molar-refractivity contribution is 5.27. The fourth-order valence-corrected chi connectivity index (χ4v) is 3.17. The van der Waals surface area contributed by atoms with Crippen molar-refractivity contribution in [1.82, 2.24) is 15.1 Å². The van der Waals surface area contributed by atoms with Gasteiger partial charge in [-0.25, -0.2) is 0 Å². The van der Waals surface area contributed by atoms with Crippen LogP contribution in [0.1, 0.15) is 24.0 Å². The zero-order valence-corrected chi connectivity index (χ0v) is 13.2. The Morgan fingerprint density at radius 2 is 2.00 bits per heavy atom. The van der Waals surface area contributed by atoms with E-state index in [1.165, 1.54) is 37.1 Å². The summed E-state index contributed by atoms with van der Waals surface area (Å²) in [6.45, 7) is 4.59. The maximum absolute atomic E-state index is 3.25. The lowest BCUT2D eigenvalue weighted by molar-refractivity contribution is 0.200. The van der Waals surface area contributed by atoms with Crippen LogP contribution in [0.3, 0.4) is 0 Å². The van der Waals surface area contributed by atoms with Gasteiger partial charge in [-0.3, -0.25) is 4.90 Å². The number of likely N-dealkylation sites (N-methyl/N-ethyl adjacent to an activating group) is 2. The highest BCUT2D eigenvalue weighted by Gasteiger charge is 2.25. The molecule has 3 heteroatoms. The summed E-state index contributed by atoms with van der Waals surface area (Å²) in [6.07, 6.45) is 3.81. The fraction of sp³-hybridized carbons (Fsp3) is 0.647. The van der Waals surface area contributed by atoms with E-state index in [9.17, 15) is 0 Å². The maximum atomic E-state index is 3.25. The molecular weight excluding hydrogens is 246 g/mol. The van der Waals surface area contributed by atoms with Gasteiger partial charge in [0.25, 0.3) is 0 Å². The first-order chi connectivity index (χ1) is 9.70. The van der Waals surface area contributed by atoms with E-state index in [1.54, 1.807) is 0 Å². The Hall–Kier alpha value is -0.900. The predicted octanol–water partition coefficient (Wildman–Crippen LogP) is 1.97. The molecule has 1 unspecified atom stereocenters. The molecule has 1 fully saturated rings. The van der Waals surface area contributed by atoms with Gasteiger partial charge in [0.15, 0.2) is 0 Å². The number of rotatable bonds is 7. The zero-order valence-electron chi connectivity index (χ0n) is 13.2. The Balaban J connectivity index is 2.01. The molecule has 1 saturated heterocycles. The van der Waals surface area contributed by atoms with E-state index in [0.29, 0.717) is 0 Å². The quantitative estimate of drug-likeness (QED) is 0.821. The van der Waals surface area contributed by atoms with Crippen molar-refractivity contribution in [2.45, 2.75) is 31.8 Å². The molecule has 1 aliphatic rings. The minimum Gasteiger partial charge on any atom is -0.319 e. The molecule has 1 aromatic rings. The van der Waals surface area contributed by atoms with Crippen molar-refractivity contribution in [2.24, 2.45) is 0 Å². The van der Waals surface area contributed by atoms with Gasteiger partial charge in [-0.15, -0.1) is 0 Å². The molecule has 3 nitrogen and oxygen atoms in total. The summed E-state index contributed by atoms with van der Waals surface area (Å²) < 4.78 is 0. The van der Waals surface area contributed by atoms with Gasteiger partial charge in [0, 0.05) is 19.1 Å². The van der Waals surface area contributed by atoms with Gasteiger partial charge in [0.05, 0.1) is 0 Å². The van der Waals surface area contributed by atoms with Gasteiger partial charge in [0.2, 0.25) is 0 Å². The lowest BCUT2D eigenvalue weighted by Crippen LogP contribution is -2.37. The third-order valence-corrected chi connectivity index (χ3v) is 4.21. The van der Waals surface area contributed by atoms with Crippen LogP contribution < -0.4 is 5.32 Å². The second-order valence-corrected chi connectivity index (χ2v) is 6.15. The van der Waals surface area contributed by atoms with Crippen LogP contribution in [0.4, 0.5) is 0 Å². The minimum absolute atomic E-state index is 0.724. The van der Waals surface area contributed by atoms with Crippen LogP contribution in [0.15, 0.2) is 24.3 Å². The Bertz CT molecular complexity index is 403. The molecule has 2 rings (SSSR count). The summed E-state index contributed by atoms with van der Waals surface area (Å²) in [5.74, 6) is 0. The largest absolute Gasteiger partial charge is 0.319 e. The number of hydrogen-bond acceptors (Lipinski definition) is 3. The van der Waals surface area contributed by atoms with Gasteiger partial charge in [-0.05, 0) is 64.6 Å². The van der Waals surface area contributed by atoms with Crippen LogP contribution in [0, 0.1) is 0 Å². The number of nitrogens with one attached hydrogen (secondary N) is 1. The number of nitrogens with zero attached hydrogens (tertiary/aromatic N) is 2. The van der Waals surface area contributed by atoms with E-state index in [1.807, 2.05) is 7.05 Å². The molecule has 0 spiro atoms. The molecule has 0 saturated carbocycles. The van der Waals surface area contributed by atoms with E-state index in [4.69, 9.17) is 0 Å². The molecule has 20 heavy (non-hydrogen) atoms. The third-order valence-electron chi connectivity index (χ3n) is 4.21. The van der Waals surface area contributed by atoms with Crippen molar-refractivity contribution in [3.8, 4) is 0 Å². The minimum atomic E-state index is 0.724. The fourth-order valence-electron chi connectivity index (χ4n) is 3.17. The average Bonchev–Trinajstić information content (AvgIpc) is 2.84. The van der Waals surface area contributed by atoms with Gasteiger partial charge in [-0.2, -0.15) is 0 Å². The molecule has 1 aliphatic heterocycles. The standard InChI is InChI=1S/C17H29N3/c1-18-11-10-15-7-4-5-8-16(15)13-20-12-6-9-17(20)14-19(2)3/h4-5,7-8,17-18H,6,9-14H2,1-3H3. The van der Waals surface area contributed by atoms with Gasteiger partial charge in [-0.1, -0.05) is 24.3 Å². The summed E-state index contributed by atoms with van der Waals surface area (Å²) in [7, 11) is 6.38. The predicted molar refractivity (Wildman–Crippen MR) is 86.1 cm³/mol. The Morgan fingerprint density at radius 1 is 1.25 bits per heavy atom. The highest BCUT2D eigenvalue weighted by atomic mass is 15.2. The highest BCUT2D eigenvalue weighted by Crippen LogP contribution is 2.22. The molecule has 1 atom stereocenters. The number of hydrogen-bond donors (Lipinski definition) is 1. The molecule has 0 aromatic heterocycles. The van der Waals surface area contributed by atoms with E-state index >= 15 is 0 Å². The Labute approximate surface area is 124 Å². The summed E-state index contributed by atoms with van der Waals surface area (Å²) in [4.78, 5) is 4.98. The Kier molecular flexibility index (Phi) is 6.02. The molecule has 0 amide bonds. The SMILES string of the molecule is CNCCc1ccccc1CN1CCCC1CN(C)C. The van der Waals surface area contributed by atoms with Gasteiger partial charge >= 0.3 is 0 Å². The zero-order chi connectivity index (χ0) is 14.4. The van der Waals surface area contributed by atoms with Crippen LogP contribution in [-0.2, 0) is 13.0 Å². The molecule has 0 radical (unpaired) electrons. The summed E-state index contributed by atoms with van der Waals surface area (Å²) in [5.41, 5.74) is 3.01. The van der Waals surface area contributed by atoms with Crippen molar-refractivity contribution in [3.05, 3.63) is 35.4 Å². The van der Waals surface area contributed by atoms with Crippen LogP contribution in [0.2, 0.25) is 0 Å². The lowest BCUT2D eigenvalue weighted by Gasteiger charge is -2.27. The van der Waals surface area contributed by atoms with E-state index in [2.05, 4.69) is 53.5 Å². The van der Waals surface area contributed by atoms with Crippen molar-refractivity contribution in [3.63, 3.8) is 0 Å². The van der Waals surface area contributed by atoms with Crippen molar-refractivity contribution in [2.75, 3.05) is 40.8 Å². The van der Waals surface area contributed by atoms with E-state index in [0.717, 1.165) is 25.6 Å². The molecular formula is C17H29N3. The Morgan fingerprint density at radius 3 is 2.70 bits per heavy atom.